The monoisotopic (exact) mass is 415 g/mol. The molecule has 3 aromatic rings. The summed E-state index contributed by atoms with van der Waals surface area (Å²) in [5, 5.41) is 0.867. The Hall–Kier alpha value is -2.87. The number of nitrogens with two attached hydrogens (primary N) is 1. The summed E-state index contributed by atoms with van der Waals surface area (Å²) in [5.41, 5.74) is 7.54. The third kappa shape index (κ3) is 4.59. The number of carbonyl (C=O) groups excluding carboxylic acids is 1. The number of esters is 1. The molecule has 0 saturated heterocycles. The number of fused-ring (bicyclic) bond motifs is 1. The molecular weight excluding hydrogens is 390 g/mol. The van der Waals surface area contributed by atoms with Gasteiger partial charge in [-0.05, 0) is 51.0 Å². The summed E-state index contributed by atoms with van der Waals surface area (Å²) in [6, 6.07) is 5.00. The number of ether oxygens (including phenoxy) is 3. The first-order chi connectivity index (χ1) is 13.9. The number of rotatable bonds is 8. The van der Waals surface area contributed by atoms with E-state index in [-0.39, 0.29) is 6.61 Å². The van der Waals surface area contributed by atoms with Gasteiger partial charge in [0.2, 0.25) is 0 Å². The summed E-state index contributed by atoms with van der Waals surface area (Å²) >= 11 is 1.55. The molecule has 0 spiro atoms. The molecule has 0 aliphatic heterocycles. The highest BCUT2D eigenvalue weighted by atomic mass is 32.1. The van der Waals surface area contributed by atoms with Crippen LogP contribution < -0.4 is 15.2 Å². The Morgan fingerprint density at radius 2 is 1.93 bits per heavy atom. The molecule has 29 heavy (non-hydrogen) atoms. The van der Waals surface area contributed by atoms with Gasteiger partial charge in [-0.3, -0.25) is 0 Å². The van der Waals surface area contributed by atoms with Crippen molar-refractivity contribution in [2.75, 3.05) is 18.9 Å². The lowest BCUT2D eigenvalue weighted by Crippen LogP contribution is -2.09. The fourth-order valence-electron chi connectivity index (χ4n) is 2.84. The van der Waals surface area contributed by atoms with Gasteiger partial charge < -0.3 is 19.9 Å². The van der Waals surface area contributed by atoms with E-state index in [1.165, 1.54) is 0 Å². The van der Waals surface area contributed by atoms with Gasteiger partial charge >= 0.3 is 5.97 Å². The van der Waals surface area contributed by atoms with Crippen LogP contribution in [-0.2, 0) is 11.3 Å². The van der Waals surface area contributed by atoms with Crippen molar-refractivity contribution in [3.63, 3.8) is 0 Å². The number of thiophene rings is 1. The first-order valence-electron chi connectivity index (χ1n) is 9.53. The minimum atomic E-state index is -0.492. The van der Waals surface area contributed by atoms with Crippen molar-refractivity contribution in [2.24, 2.45) is 0 Å². The van der Waals surface area contributed by atoms with Crippen molar-refractivity contribution in [3.05, 3.63) is 40.0 Å². The Balaban J connectivity index is 1.75. The summed E-state index contributed by atoms with van der Waals surface area (Å²) in [4.78, 5) is 23.2. The van der Waals surface area contributed by atoms with Crippen molar-refractivity contribution in [1.82, 2.24) is 9.97 Å². The van der Waals surface area contributed by atoms with Crippen molar-refractivity contribution < 1.29 is 19.0 Å². The van der Waals surface area contributed by atoms with E-state index in [9.17, 15) is 4.79 Å². The fourth-order valence-corrected chi connectivity index (χ4v) is 3.90. The molecular formula is C21H25N3O4S. The molecule has 2 aromatic heterocycles. The second-order valence-electron chi connectivity index (χ2n) is 6.51. The van der Waals surface area contributed by atoms with Gasteiger partial charge in [-0.25, -0.2) is 14.8 Å². The highest BCUT2D eigenvalue weighted by Crippen LogP contribution is 2.32. The summed E-state index contributed by atoms with van der Waals surface area (Å²) in [5.74, 6) is 1.40. The molecule has 2 N–H and O–H groups in total. The molecule has 0 saturated carbocycles. The van der Waals surface area contributed by atoms with Gasteiger partial charge in [0.05, 0.1) is 24.2 Å². The van der Waals surface area contributed by atoms with Crippen LogP contribution in [-0.4, -0.2) is 29.2 Å². The summed E-state index contributed by atoms with van der Waals surface area (Å²) in [6.07, 6.45) is 0.881. The van der Waals surface area contributed by atoms with Crippen molar-refractivity contribution >= 4 is 33.3 Å². The molecule has 3 rings (SSSR count). The average molecular weight is 416 g/mol. The topological polar surface area (TPSA) is 96.6 Å². The molecule has 0 aliphatic rings. The minimum absolute atomic E-state index is 0.0625. The highest BCUT2D eigenvalue weighted by molar-refractivity contribution is 7.18. The highest BCUT2D eigenvalue weighted by Gasteiger charge is 2.16. The van der Waals surface area contributed by atoms with Crippen LogP contribution in [0, 0.1) is 13.8 Å². The predicted octanol–water partition coefficient (Wildman–Crippen LogP) is 4.43. The van der Waals surface area contributed by atoms with E-state index >= 15 is 0 Å². The van der Waals surface area contributed by atoms with Crippen LogP contribution in [0.3, 0.4) is 0 Å². The van der Waals surface area contributed by atoms with Gasteiger partial charge in [-0.1, -0.05) is 6.92 Å². The Bertz CT molecular complexity index is 1030. The first-order valence-corrected chi connectivity index (χ1v) is 10.3. The third-order valence-electron chi connectivity index (χ3n) is 4.38. The number of aryl methyl sites for hydroxylation is 2. The average Bonchev–Trinajstić information content (AvgIpc) is 2.99. The van der Waals surface area contributed by atoms with E-state index in [4.69, 9.17) is 19.9 Å². The molecule has 0 aliphatic carbocycles. The quantitative estimate of drug-likeness (QED) is 0.543. The Morgan fingerprint density at radius 1 is 1.14 bits per heavy atom. The van der Waals surface area contributed by atoms with Crippen molar-refractivity contribution in [3.8, 4) is 11.5 Å². The normalized spacial score (nSPS) is 10.9. The van der Waals surface area contributed by atoms with Crippen LogP contribution in [0.1, 0.15) is 46.9 Å². The van der Waals surface area contributed by atoms with Gasteiger partial charge in [0.1, 0.15) is 10.6 Å². The smallest absolute Gasteiger partial charge is 0.338 e. The molecule has 0 fully saturated rings. The van der Waals surface area contributed by atoms with E-state index < -0.39 is 5.97 Å². The SMILES string of the molecule is CCCOc1ccc(C(=O)OCc2nc(N)c3c(C)c(C)sc3n2)cc1OCC. The van der Waals surface area contributed by atoms with Gasteiger partial charge in [-0.15, -0.1) is 11.3 Å². The van der Waals surface area contributed by atoms with Crippen molar-refractivity contribution in [1.29, 1.82) is 0 Å². The zero-order valence-electron chi connectivity index (χ0n) is 17.1. The van der Waals surface area contributed by atoms with Crippen LogP contribution in [0.25, 0.3) is 10.2 Å². The molecule has 0 radical (unpaired) electrons. The maximum absolute atomic E-state index is 12.5. The Kier molecular flexibility index (Phi) is 6.53. The minimum Gasteiger partial charge on any atom is -0.490 e. The van der Waals surface area contributed by atoms with Gasteiger partial charge in [0.25, 0.3) is 0 Å². The number of anilines is 1. The molecule has 0 atom stereocenters. The predicted molar refractivity (Wildman–Crippen MR) is 114 cm³/mol. The Labute approximate surface area is 173 Å². The number of hydrogen-bond acceptors (Lipinski definition) is 8. The number of aromatic nitrogens is 2. The molecule has 1 aromatic carbocycles. The number of nitrogen functional groups attached to an aromatic ring is 1. The van der Waals surface area contributed by atoms with E-state index in [1.807, 2.05) is 27.7 Å². The van der Waals surface area contributed by atoms with Crippen LogP contribution in [0.2, 0.25) is 0 Å². The molecule has 2 heterocycles. The third-order valence-corrected chi connectivity index (χ3v) is 5.48. The molecule has 0 unspecified atom stereocenters. The molecule has 0 amide bonds. The van der Waals surface area contributed by atoms with Crippen LogP contribution in [0.15, 0.2) is 18.2 Å². The lowest BCUT2D eigenvalue weighted by atomic mass is 10.2. The second kappa shape index (κ2) is 9.09. The molecule has 154 valence electrons. The zero-order valence-corrected chi connectivity index (χ0v) is 17.9. The second-order valence-corrected chi connectivity index (χ2v) is 7.71. The summed E-state index contributed by atoms with van der Waals surface area (Å²) in [7, 11) is 0. The van der Waals surface area contributed by atoms with E-state index in [1.54, 1.807) is 29.5 Å². The first kappa shape index (κ1) is 20.9. The van der Waals surface area contributed by atoms with Crippen LogP contribution >= 0.6 is 11.3 Å². The van der Waals surface area contributed by atoms with Crippen molar-refractivity contribution in [2.45, 2.75) is 40.7 Å². The van der Waals surface area contributed by atoms with E-state index in [2.05, 4.69) is 9.97 Å². The maximum Gasteiger partial charge on any atom is 0.338 e. The van der Waals surface area contributed by atoms with E-state index in [0.29, 0.717) is 41.9 Å². The zero-order chi connectivity index (χ0) is 21.0. The summed E-state index contributed by atoms with van der Waals surface area (Å²) < 4.78 is 16.6. The largest absolute Gasteiger partial charge is 0.490 e. The molecule has 7 nitrogen and oxygen atoms in total. The van der Waals surface area contributed by atoms with E-state index in [0.717, 1.165) is 27.1 Å². The molecule has 8 heteroatoms. The fraction of sp³-hybridized carbons (Fsp3) is 0.381. The maximum atomic E-state index is 12.5. The number of hydrogen-bond donors (Lipinski definition) is 1. The molecule has 0 bridgehead atoms. The number of nitrogens with zero attached hydrogens (tertiary/aromatic N) is 2. The Morgan fingerprint density at radius 3 is 2.66 bits per heavy atom. The van der Waals surface area contributed by atoms with Gasteiger partial charge in [0.15, 0.2) is 23.9 Å². The number of benzene rings is 1. The van der Waals surface area contributed by atoms with Crippen LogP contribution in [0.4, 0.5) is 5.82 Å². The lowest BCUT2D eigenvalue weighted by molar-refractivity contribution is 0.0462. The van der Waals surface area contributed by atoms with Gasteiger partial charge in [-0.2, -0.15) is 0 Å². The lowest BCUT2D eigenvalue weighted by Gasteiger charge is -2.12. The summed E-state index contributed by atoms with van der Waals surface area (Å²) in [6.45, 7) is 8.90. The standard InChI is InChI=1S/C21H25N3O4S/c1-5-9-27-15-8-7-14(10-16(15)26-6-2)21(25)28-11-17-23-19(22)18-12(3)13(4)29-20(18)24-17/h7-8,10H,5-6,9,11H2,1-4H3,(H2,22,23,24). The van der Waals surface area contributed by atoms with Crippen LogP contribution in [0.5, 0.6) is 11.5 Å². The van der Waals surface area contributed by atoms with Gasteiger partial charge in [0, 0.05) is 4.88 Å². The number of carbonyl (C=O) groups is 1.